The van der Waals surface area contributed by atoms with Gasteiger partial charge in [0.1, 0.15) is 44.3 Å². The monoisotopic (exact) mass is 1140 g/mol. The van der Waals surface area contributed by atoms with Gasteiger partial charge in [0.25, 0.3) is 9.05 Å². The van der Waals surface area contributed by atoms with E-state index in [0.29, 0.717) is 33.9 Å². The summed E-state index contributed by atoms with van der Waals surface area (Å²) in [5, 5.41) is 17.3. The molecular formula is C53H56BBrClN5O12S2. The molecule has 0 radical (unpaired) electrons. The molecule has 0 saturated carbocycles. The lowest BCUT2D eigenvalue weighted by atomic mass is 9.80. The van der Waals surface area contributed by atoms with Crippen molar-refractivity contribution in [2.24, 2.45) is 0 Å². The van der Waals surface area contributed by atoms with Gasteiger partial charge in [0.05, 0.1) is 59.8 Å². The van der Waals surface area contributed by atoms with Gasteiger partial charge in [-0.1, -0.05) is 54.1 Å². The number of methoxy groups -OCH3 is 6. The highest BCUT2D eigenvalue weighted by Crippen LogP contribution is 2.32. The van der Waals surface area contributed by atoms with Crippen LogP contribution >= 0.6 is 26.6 Å². The minimum atomic E-state index is -3.81. The van der Waals surface area contributed by atoms with E-state index in [0.717, 1.165) is 43.8 Å². The van der Waals surface area contributed by atoms with Crippen LogP contribution in [-0.2, 0) is 24.6 Å². The number of rotatable bonds is 13. The summed E-state index contributed by atoms with van der Waals surface area (Å²) < 4.78 is 79.5. The van der Waals surface area contributed by atoms with Crippen LogP contribution in [0.4, 0.5) is 11.4 Å². The first kappa shape index (κ1) is 60.2. The van der Waals surface area contributed by atoms with Crippen molar-refractivity contribution < 1.29 is 55.3 Å². The van der Waals surface area contributed by atoms with Crippen LogP contribution in [0.1, 0.15) is 11.1 Å². The lowest BCUT2D eigenvalue weighted by molar-refractivity contribution is 0.392. The molecule has 0 saturated heterocycles. The Bertz CT molecular complexity index is 3280. The Hall–Kier alpha value is -7.40. The fourth-order valence-electron chi connectivity index (χ4n) is 6.37. The van der Waals surface area contributed by atoms with Crippen LogP contribution in [0.5, 0.6) is 34.5 Å². The molecule has 0 fully saturated rings. The van der Waals surface area contributed by atoms with Gasteiger partial charge >= 0.3 is 7.12 Å². The van der Waals surface area contributed by atoms with Crippen molar-refractivity contribution in [3.63, 3.8) is 0 Å². The maximum absolute atomic E-state index is 13.0. The zero-order valence-electron chi connectivity index (χ0n) is 41.9. The number of aromatic nitrogens is 3. The lowest BCUT2D eigenvalue weighted by Crippen LogP contribution is -2.29. The number of nitrogens with zero attached hydrogens (tertiary/aromatic N) is 3. The van der Waals surface area contributed by atoms with Crippen molar-refractivity contribution >= 4 is 69.5 Å². The average Bonchev–Trinajstić information content (AvgIpc) is 3.41. The first-order chi connectivity index (χ1) is 35.7. The molecule has 3 heterocycles. The van der Waals surface area contributed by atoms with E-state index in [9.17, 15) is 16.8 Å². The highest BCUT2D eigenvalue weighted by Gasteiger charge is 2.22. The molecule has 0 aliphatic heterocycles. The molecular weight excluding hydrogens is 1090 g/mol. The molecule has 6 N–H and O–H groups in total. The van der Waals surface area contributed by atoms with Gasteiger partial charge in [0, 0.05) is 75.6 Å². The predicted octanol–water partition coefficient (Wildman–Crippen LogP) is 8.82. The van der Waals surface area contributed by atoms with Crippen LogP contribution in [-0.4, -0.2) is 91.6 Å². The third-order valence-corrected chi connectivity index (χ3v) is 13.7. The topological polar surface area (TPSA) is 255 Å². The van der Waals surface area contributed by atoms with Gasteiger partial charge in [-0.3, -0.25) is 15.0 Å². The van der Waals surface area contributed by atoms with Gasteiger partial charge in [-0.2, -0.15) is 0 Å². The average molecular weight is 1150 g/mol. The highest BCUT2D eigenvalue weighted by molar-refractivity contribution is 9.10. The van der Waals surface area contributed by atoms with Crippen LogP contribution in [0.3, 0.4) is 0 Å². The number of nitrogens with two attached hydrogens (primary N) is 2. The first-order valence-electron chi connectivity index (χ1n) is 22.1. The molecule has 22 heteroatoms. The highest BCUT2D eigenvalue weighted by atomic mass is 79.9. The molecule has 0 unspecified atom stereocenters. The van der Waals surface area contributed by atoms with Crippen molar-refractivity contribution in [1.29, 1.82) is 0 Å². The second-order valence-electron chi connectivity index (χ2n) is 15.5. The number of hydrogen-bond acceptors (Lipinski definition) is 17. The van der Waals surface area contributed by atoms with Crippen molar-refractivity contribution in [2.75, 3.05) is 54.1 Å². The van der Waals surface area contributed by atoms with E-state index < -0.39 is 26.0 Å². The number of pyridine rings is 3. The third kappa shape index (κ3) is 19.4. The number of anilines is 2. The summed E-state index contributed by atoms with van der Waals surface area (Å²) in [5.74, 6) is 2.72. The number of hydrogen-bond donors (Lipinski definition) is 4. The Morgan fingerprint density at radius 3 is 1.35 bits per heavy atom. The number of benzene rings is 5. The maximum Gasteiger partial charge on any atom is 0.488 e. The molecule has 3 aromatic heterocycles. The van der Waals surface area contributed by atoms with Crippen LogP contribution in [0.15, 0.2) is 179 Å². The van der Waals surface area contributed by atoms with E-state index in [-0.39, 0.29) is 27.0 Å². The van der Waals surface area contributed by atoms with E-state index in [1.54, 1.807) is 87.8 Å². The summed E-state index contributed by atoms with van der Waals surface area (Å²) in [4.78, 5) is 12.1. The number of nitrogen functional groups attached to an aromatic ring is 2. The lowest BCUT2D eigenvalue weighted by Gasteiger charge is -2.12. The molecule has 0 aliphatic rings. The Kier molecular flexibility index (Phi) is 23.7. The molecule has 5 aromatic carbocycles. The quantitative estimate of drug-likeness (QED) is 0.0621. The number of ether oxygens (including phenoxy) is 6. The fourth-order valence-corrected chi connectivity index (χ4v) is 9.27. The van der Waals surface area contributed by atoms with Crippen LogP contribution in [0.2, 0.25) is 0 Å². The Morgan fingerprint density at radius 1 is 0.507 bits per heavy atom. The normalized spacial score (nSPS) is 10.4. The van der Waals surface area contributed by atoms with E-state index in [4.69, 9.17) is 60.6 Å². The Balaban J connectivity index is 0.000000220. The maximum atomic E-state index is 13.0. The second kappa shape index (κ2) is 29.5. The van der Waals surface area contributed by atoms with E-state index in [1.807, 2.05) is 79.7 Å². The molecule has 17 nitrogen and oxygen atoms in total. The molecule has 0 aliphatic carbocycles. The van der Waals surface area contributed by atoms with Crippen molar-refractivity contribution in [1.82, 2.24) is 15.0 Å². The van der Waals surface area contributed by atoms with Crippen molar-refractivity contribution in [3.8, 4) is 56.8 Å². The minimum absolute atomic E-state index is 0.0872. The van der Waals surface area contributed by atoms with Gasteiger partial charge in [0.15, 0.2) is 9.84 Å². The van der Waals surface area contributed by atoms with E-state index >= 15 is 0 Å². The SMILES string of the molecule is COc1ccc(-c2cncc(CS(=O)(=O)c3cc(OC)ccc3OC)c2)cc1.COc1ccc(-c2cncc(N)c2)cc1.COc1ccc(OC)c(S(=O)(=O)Cl)c1.Cc1ccc(B(O)O)cc1.Nc1cncc(Br)c1. The van der Waals surface area contributed by atoms with Crippen LogP contribution < -0.4 is 45.4 Å². The third-order valence-electron chi connectivity index (χ3n) is 10.2. The second-order valence-corrected chi connectivity index (χ2v) is 20.9. The number of sulfone groups is 1. The first-order valence-corrected chi connectivity index (χ1v) is 26.8. The number of aryl methyl sites for hydroxylation is 1. The summed E-state index contributed by atoms with van der Waals surface area (Å²) in [5.41, 5.74) is 18.5. The fraction of sp³-hybridized carbons (Fsp3) is 0.151. The zero-order chi connectivity index (χ0) is 55.1. The molecule has 8 rings (SSSR count). The van der Waals surface area contributed by atoms with Gasteiger partial charge < -0.3 is 49.9 Å². The number of halogens is 2. The molecule has 0 spiro atoms. The smallest absolute Gasteiger partial charge is 0.488 e. The molecule has 75 heavy (non-hydrogen) atoms. The van der Waals surface area contributed by atoms with Crippen molar-refractivity contribution in [2.45, 2.75) is 22.5 Å². The zero-order valence-corrected chi connectivity index (χ0v) is 45.9. The molecule has 8 aromatic rings. The molecule has 0 amide bonds. The Labute approximate surface area is 450 Å². The van der Waals surface area contributed by atoms with Gasteiger partial charge in [-0.05, 0) is 112 Å². The predicted molar refractivity (Wildman–Crippen MR) is 297 cm³/mol. The summed E-state index contributed by atoms with van der Waals surface area (Å²) in [6, 6.07) is 37.0. The molecule has 394 valence electrons. The van der Waals surface area contributed by atoms with Gasteiger partial charge in [0.2, 0.25) is 0 Å². The van der Waals surface area contributed by atoms with Gasteiger partial charge in [-0.25, -0.2) is 16.8 Å². The summed E-state index contributed by atoms with van der Waals surface area (Å²) in [6.07, 6.45) is 9.97. The van der Waals surface area contributed by atoms with E-state index in [1.165, 1.54) is 46.6 Å². The van der Waals surface area contributed by atoms with E-state index in [2.05, 4.69) is 30.9 Å². The minimum Gasteiger partial charge on any atom is -0.497 e. The standard InChI is InChI=1S/C21H21NO5S.C12H12N2O.C8H9ClO4S.C7H9BO2.C5H5BrN2/c1-25-18-6-4-16(5-7-18)17-10-15(12-22-13-17)14-28(23,24)21-11-19(26-2)8-9-20(21)27-3;1-15-12-4-2-9(3-5-12)10-6-11(13)8-14-7-10;1-12-6-3-4-7(13-2)8(5-6)14(9,10)11;1-6-2-4-7(5-3-6)8(9)10;6-4-1-5(7)3-8-2-4/h4-13H,14H2,1-3H3;2-8H,13H2,1H3;3-5H,1-2H3;2-5,9-10H,1H3;1-3H,7H2. The summed E-state index contributed by atoms with van der Waals surface area (Å²) >= 11 is 3.22. The largest absolute Gasteiger partial charge is 0.497 e. The summed E-state index contributed by atoms with van der Waals surface area (Å²) in [6.45, 7) is 1.95. The van der Waals surface area contributed by atoms with Crippen LogP contribution in [0, 0.1) is 6.92 Å². The summed E-state index contributed by atoms with van der Waals surface area (Å²) in [7, 11) is 5.37. The molecule has 0 bridgehead atoms. The Morgan fingerprint density at radius 2 is 0.933 bits per heavy atom. The molecule has 0 atom stereocenters. The van der Waals surface area contributed by atoms with Crippen LogP contribution in [0.25, 0.3) is 22.3 Å². The van der Waals surface area contributed by atoms with Gasteiger partial charge in [-0.15, -0.1) is 0 Å². The van der Waals surface area contributed by atoms with Crippen molar-refractivity contribution in [3.05, 3.63) is 180 Å².